The number of thiazole rings is 1. The van der Waals surface area contributed by atoms with Gasteiger partial charge in [-0.25, -0.2) is 18.1 Å². The molecule has 0 unspecified atom stereocenters. The summed E-state index contributed by atoms with van der Waals surface area (Å²) in [6.07, 6.45) is 2.16. The highest BCUT2D eigenvalue weighted by atomic mass is 32.2. The predicted octanol–water partition coefficient (Wildman–Crippen LogP) is 0.345. The number of hydrogen-bond acceptors (Lipinski definition) is 6. The summed E-state index contributed by atoms with van der Waals surface area (Å²) < 4.78 is 26.7. The molecule has 0 saturated heterocycles. The number of benzene rings is 1. The number of nitrogens with two attached hydrogens (primary N) is 2. The van der Waals surface area contributed by atoms with Gasteiger partial charge in [-0.1, -0.05) is 0 Å². The lowest BCUT2D eigenvalue weighted by Crippen LogP contribution is -2.27. The maximum Gasteiger partial charge on any atom is 0.248 e. The molecule has 0 fully saturated rings. The standard InChI is InChI=1S/C12H14N4O3S2/c13-9-7-8(12(14)17)1-2-10(9)21(18,19)16-4-3-11-15-5-6-20-11/h1-2,5-7,16H,3-4,13H2,(H2,14,17). The molecule has 1 heterocycles. The lowest BCUT2D eigenvalue weighted by molar-refractivity contribution is 0.1000. The Morgan fingerprint density at radius 2 is 2.14 bits per heavy atom. The second-order valence-corrected chi connectivity index (χ2v) is 6.90. The molecule has 2 aromatic rings. The van der Waals surface area contributed by atoms with Crippen LogP contribution in [0.5, 0.6) is 0 Å². The zero-order chi connectivity index (χ0) is 15.5. The van der Waals surface area contributed by atoms with E-state index in [1.807, 2.05) is 5.38 Å². The molecule has 9 heteroatoms. The number of hydrogen-bond donors (Lipinski definition) is 3. The van der Waals surface area contributed by atoms with Gasteiger partial charge in [0.1, 0.15) is 4.90 Å². The monoisotopic (exact) mass is 326 g/mol. The van der Waals surface area contributed by atoms with Crippen molar-refractivity contribution in [2.45, 2.75) is 11.3 Å². The first-order valence-electron chi connectivity index (χ1n) is 5.97. The summed E-state index contributed by atoms with van der Waals surface area (Å²) in [5.74, 6) is -0.664. The Bertz CT molecular complexity index is 742. The molecule has 0 aliphatic rings. The smallest absolute Gasteiger partial charge is 0.248 e. The van der Waals surface area contributed by atoms with Gasteiger partial charge >= 0.3 is 0 Å². The molecule has 0 atom stereocenters. The van der Waals surface area contributed by atoms with E-state index in [9.17, 15) is 13.2 Å². The number of rotatable bonds is 6. The quantitative estimate of drug-likeness (QED) is 0.660. The number of carbonyl (C=O) groups is 1. The van der Waals surface area contributed by atoms with Crippen LogP contribution in [0.15, 0.2) is 34.7 Å². The molecule has 0 spiro atoms. The first-order valence-corrected chi connectivity index (χ1v) is 8.34. The van der Waals surface area contributed by atoms with E-state index in [1.165, 1.54) is 29.5 Å². The molecule has 1 amide bonds. The van der Waals surface area contributed by atoms with Crippen LogP contribution in [-0.4, -0.2) is 25.9 Å². The van der Waals surface area contributed by atoms with Crippen molar-refractivity contribution in [3.63, 3.8) is 0 Å². The van der Waals surface area contributed by atoms with E-state index in [1.54, 1.807) is 6.20 Å². The summed E-state index contributed by atoms with van der Waals surface area (Å²) in [6, 6.07) is 3.84. The number of nitrogens with zero attached hydrogens (tertiary/aromatic N) is 1. The Morgan fingerprint density at radius 1 is 1.38 bits per heavy atom. The summed E-state index contributed by atoms with van der Waals surface area (Å²) in [5.41, 5.74) is 10.9. The van der Waals surface area contributed by atoms with Crippen molar-refractivity contribution in [2.75, 3.05) is 12.3 Å². The van der Waals surface area contributed by atoms with Gasteiger partial charge < -0.3 is 11.5 Å². The van der Waals surface area contributed by atoms with Crippen LogP contribution in [0.3, 0.4) is 0 Å². The minimum atomic E-state index is -3.74. The number of anilines is 1. The number of nitrogen functional groups attached to an aromatic ring is 1. The molecule has 0 saturated carbocycles. The molecule has 2 rings (SSSR count). The summed E-state index contributed by atoms with van der Waals surface area (Å²) in [4.78, 5) is 15.0. The van der Waals surface area contributed by atoms with E-state index in [0.717, 1.165) is 5.01 Å². The van der Waals surface area contributed by atoms with Crippen LogP contribution < -0.4 is 16.2 Å². The van der Waals surface area contributed by atoms with Crippen molar-refractivity contribution in [1.29, 1.82) is 0 Å². The van der Waals surface area contributed by atoms with Crippen LogP contribution in [0.4, 0.5) is 5.69 Å². The lowest BCUT2D eigenvalue weighted by atomic mass is 10.2. The maximum absolute atomic E-state index is 12.1. The molecule has 112 valence electrons. The second kappa shape index (κ2) is 6.20. The zero-order valence-corrected chi connectivity index (χ0v) is 12.6. The van der Waals surface area contributed by atoms with E-state index in [2.05, 4.69) is 9.71 Å². The molecule has 5 N–H and O–H groups in total. The molecule has 0 radical (unpaired) electrons. The van der Waals surface area contributed by atoms with Crippen molar-refractivity contribution in [3.05, 3.63) is 40.3 Å². The summed E-state index contributed by atoms with van der Waals surface area (Å²) in [6.45, 7) is 0.215. The van der Waals surface area contributed by atoms with Gasteiger partial charge in [-0.05, 0) is 18.2 Å². The highest BCUT2D eigenvalue weighted by Crippen LogP contribution is 2.19. The molecule has 0 aliphatic carbocycles. The third-order valence-electron chi connectivity index (χ3n) is 2.70. The van der Waals surface area contributed by atoms with Gasteiger partial charge in [0.15, 0.2) is 0 Å². The minimum Gasteiger partial charge on any atom is -0.398 e. The van der Waals surface area contributed by atoms with E-state index >= 15 is 0 Å². The number of primary amides is 1. The number of amides is 1. The Hall–Kier alpha value is -1.97. The van der Waals surface area contributed by atoms with Crippen LogP contribution in [0, 0.1) is 0 Å². The number of sulfonamides is 1. The Kier molecular flexibility index (Phi) is 4.56. The molecular formula is C12H14N4O3S2. The van der Waals surface area contributed by atoms with Gasteiger partial charge in [-0.15, -0.1) is 11.3 Å². The Labute approximate surface area is 126 Å². The highest BCUT2D eigenvalue weighted by Gasteiger charge is 2.18. The third kappa shape index (κ3) is 3.78. The van der Waals surface area contributed by atoms with E-state index in [4.69, 9.17) is 11.5 Å². The predicted molar refractivity (Wildman–Crippen MR) is 80.4 cm³/mol. The maximum atomic E-state index is 12.1. The molecule has 21 heavy (non-hydrogen) atoms. The summed E-state index contributed by atoms with van der Waals surface area (Å²) >= 11 is 1.46. The number of carbonyl (C=O) groups excluding carboxylic acids is 1. The van der Waals surface area contributed by atoms with Crippen LogP contribution in [0.2, 0.25) is 0 Å². The Balaban J connectivity index is 2.10. The van der Waals surface area contributed by atoms with Crippen LogP contribution in [-0.2, 0) is 16.4 Å². The van der Waals surface area contributed by atoms with Crippen LogP contribution in [0.25, 0.3) is 0 Å². The first-order chi connectivity index (χ1) is 9.90. The lowest BCUT2D eigenvalue weighted by Gasteiger charge is -2.09. The Morgan fingerprint density at radius 3 is 2.71 bits per heavy atom. The summed E-state index contributed by atoms with van der Waals surface area (Å²) in [5, 5.41) is 2.67. The van der Waals surface area contributed by atoms with Crippen molar-refractivity contribution in [1.82, 2.24) is 9.71 Å². The average molecular weight is 326 g/mol. The molecule has 1 aromatic heterocycles. The van der Waals surface area contributed by atoms with Gasteiger partial charge in [-0.3, -0.25) is 4.79 Å². The van der Waals surface area contributed by atoms with Gasteiger partial charge in [0.05, 0.1) is 10.7 Å². The van der Waals surface area contributed by atoms with Crippen molar-refractivity contribution in [2.24, 2.45) is 5.73 Å². The molecule has 0 aliphatic heterocycles. The van der Waals surface area contributed by atoms with Crippen molar-refractivity contribution in [3.8, 4) is 0 Å². The first kappa shape index (κ1) is 15.4. The third-order valence-corrected chi connectivity index (χ3v) is 5.07. The molecule has 7 nitrogen and oxygen atoms in total. The van der Waals surface area contributed by atoms with Gasteiger partial charge in [0, 0.05) is 30.1 Å². The number of nitrogens with one attached hydrogen (secondary N) is 1. The fourth-order valence-corrected chi connectivity index (χ4v) is 3.46. The fraction of sp³-hybridized carbons (Fsp3) is 0.167. The van der Waals surface area contributed by atoms with Crippen LogP contribution in [0.1, 0.15) is 15.4 Å². The number of aromatic nitrogens is 1. The fourth-order valence-electron chi connectivity index (χ4n) is 1.69. The van der Waals surface area contributed by atoms with E-state index < -0.39 is 15.9 Å². The summed E-state index contributed by atoms with van der Waals surface area (Å²) in [7, 11) is -3.74. The molecule has 1 aromatic carbocycles. The normalized spacial score (nSPS) is 11.4. The van der Waals surface area contributed by atoms with Gasteiger partial charge in [-0.2, -0.15) is 0 Å². The van der Waals surface area contributed by atoms with Crippen molar-refractivity contribution >= 4 is 33.0 Å². The topological polar surface area (TPSA) is 128 Å². The minimum absolute atomic E-state index is 0.0203. The highest BCUT2D eigenvalue weighted by molar-refractivity contribution is 7.89. The largest absolute Gasteiger partial charge is 0.398 e. The van der Waals surface area contributed by atoms with Gasteiger partial charge in [0.25, 0.3) is 0 Å². The van der Waals surface area contributed by atoms with E-state index in [0.29, 0.717) is 6.42 Å². The molecule has 0 bridgehead atoms. The molecular weight excluding hydrogens is 312 g/mol. The van der Waals surface area contributed by atoms with E-state index in [-0.39, 0.29) is 22.7 Å². The van der Waals surface area contributed by atoms with Crippen LogP contribution >= 0.6 is 11.3 Å². The van der Waals surface area contributed by atoms with Gasteiger partial charge in [0.2, 0.25) is 15.9 Å². The van der Waals surface area contributed by atoms with Crippen molar-refractivity contribution < 1.29 is 13.2 Å². The zero-order valence-electron chi connectivity index (χ0n) is 10.9. The average Bonchev–Trinajstić information content (AvgIpc) is 2.91. The second-order valence-electron chi connectivity index (χ2n) is 4.19. The SMILES string of the molecule is NC(=O)c1ccc(S(=O)(=O)NCCc2nccs2)c(N)c1.